The highest BCUT2D eigenvalue weighted by Gasteiger charge is 2.07. The van der Waals surface area contributed by atoms with E-state index in [-0.39, 0.29) is 18.2 Å². The molecule has 0 fully saturated rings. The summed E-state index contributed by atoms with van der Waals surface area (Å²) in [6.45, 7) is 3.76. The maximum Gasteiger partial charge on any atom is 0.174 e. The molecule has 0 aliphatic heterocycles. The van der Waals surface area contributed by atoms with Gasteiger partial charge in [0.1, 0.15) is 18.2 Å². The van der Waals surface area contributed by atoms with E-state index in [0.717, 1.165) is 5.56 Å². The number of carbonyl (C=O) groups excluding carboxylic acids is 1. The molecular formula is C17H17FO2. The van der Waals surface area contributed by atoms with Crippen molar-refractivity contribution in [1.29, 1.82) is 0 Å². The van der Waals surface area contributed by atoms with Gasteiger partial charge in [0.05, 0.1) is 0 Å². The Morgan fingerprint density at radius 1 is 1.10 bits per heavy atom. The van der Waals surface area contributed by atoms with Gasteiger partial charge in [-0.2, -0.15) is 0 Å². The molecular weight excluding hydrogens is 255 g/mol. The fourth-order valence-electron chi connectivity index (χ4n) is 1.92. The van der Waals surface area contributed by atoms with Crippen molar-refractivity contribution in [2.45, 2.75) is 20.3 Å². The molecule has 0 aromatic heterocycles. The quantitative estimate of drug-likeness (QED) is 0.830. The third-order valence-electron chi connectivity index (χ3n) is 3.05. The predicted molar refractivity (Wildman–Crippen MR) is 76.5 cm³/mol. The molecule has 0 N–H and O–H groups in total. The standard InChI is InChI=1S/C17H17FO2/c1-12-3-5-14(6-4-12)10-16(19)11-20-17-8-7-15(18)9-13(17)2/h3-9H,10-11H2,1-2H3. The predicted octanol–water partition coefficient (Wildman–Crippen LogP) is 3.63. The van der Waals surface area contributed by atoms with Gasteiger partial charge in [0, 0.05) is 6.42 Å². The lowest BCUT2D eigenvalue weighted by atomic mass is 10.1. The van der Waals surface area contributed by atoms with Crippen LogP contribution in [0.2, 0.25) is 0 Å². The number of ketones is 1. The molecule has 2 aromatic rings. The number of rotatable bonds is 5. The van der Waals surface area contributed by atoms with E-state index in [1.807, 2.05) is 31.2 Å². The highest BCUT2D eigenvalue weighted by atomic mass is 19.1. The Hall–Kier alpha value is -2.16. The molecule has 0 heterocycles. The van der Waals surface area contributed by atoms with Crippen molar-refractivity contribution in [3.05, 3.63) is 65.0 Å². The number of carbonyl (C=O) groups is 1. The van der Waals surface area contributed by atoms with Crippen molar-refractivity contribution in [3.8, 4) is 5.75 Å². The summed E-state index contributed by atoms with van der Waals surface area (Å²) in [5, 5.41) is 0. The second-order valence-electron chi connectivity index (χ2n) is 4.90. The van der Waals surface area contributed by atoms with E-state index in [9.17, 15) is 9.18 Å². The summed E-state index contributed by atoms with van der Waals surface area (Å²) in [5.74, 6) is 0.238. The zero-order valence-electron chi connectivity index (χ0n) is 11.7. The molecule has 104 valence electrons. The fraction of sp³-hybridized carbons (Fsp3) is 0.235. The topological polar surface area (TPSA) is 26.3 Å². The van der Waals surface area contributed by atoms with E-state index in [4.69, 9.17) is 4.74 Å². The van der Waals surface area contributed by atoms with Crippen LogP contribution in [0.3, 0.4) is 0 Å². The minimum atomic E-state index is -0.305. The van der Waals surface area contributed by atoms with E-state index < -0.39 is 0 Å². The molecule has 2 rings (SSSR count). The Kier molecular flexibility index (Phi) is 4.51. The molecule has 2 aromatic carbocycles. The maximum atomic E-state index is 12.9. The Balaban J connectivity index is 1.90. The molecule has 0 aliphatic carbocycles. The molecule has 0 atom stereocenters. The number of ether oxygens (including phenoxy) is 1. The average molecular weight is 272 g/mol. The van der Waals surface area contributed by atoms with Crippen LogP contribution in [-0.4, -0.2) is 12.4 Å². The lowest BCUT2D eigenvalue weighted by molar-refractivity contribution is -0.120. The van der Waals surface area contributed by atoms with Crippen molar-refractivity contribution in [1.82, 2.24) is 0 Å². The summed E-state index contributed by atoms with van der Waals surface area (Å²) in [5.41, 5.74) is 2.83. The van der Waals surface area contributed by atoms with Crippen molar-refractivity contribution in [3.63, 3.8) is 0 Å². The van der Waals surface area contributed by atoms with Crippen molar-refractivity contribution >= 4 is 5.78 Å². The molecule has 0 bridgehead atoms. The second kappa shape index (κ2) is 6.33. The first kappa shape index (κ1) is 14.3. The van der Waals surface area contributed by atoms with Gasteiger partial charge >= 0.3 is 0 Å². The zero-order chi connectivity index (χ0) is 14.5. The van der Waals surface area contributed by atoms with E-state index >= 15 is 0 Å². The van der Waals surface area contributed by atoms with Gasteiger partial charge in [-0.3, -0.25) is 4.79 Å². The minimum absolute atomic E-state index is 0.000346. The van der Waals surface area contributed by atoms with Crippen LogP contribution in [0.25, 0.3) is 0 Å². The Labute approximate surface area is 118 Å². The normalized spacial score (nSPS) is 10.3. The van der Waals surface area contributed by atoms with Gasteiger partial charge in [0.15, 0.2) is 5.78 Å². The highest BCUT2D eigenvalue weighted by Crippen LogP contribution is 2.18. The van der Waals surface area contributed by atoms with Crippen LogP contribution < -0.4 is 4.74 Å². The van der Waals surface area contributed by atoms with Gasteiger partial charge in [-0.05, 0) is 43.2 Å². The molecule has 0 saturated carbocycles. The number of Topliss-reactive ketones (excluding diaryl/α,β-unsaturated/α-hetero) is 1. The van der Waals surface area contributed by atoms with Gasteiger partial charge in [0.2, 0.25) is 0 Å². The fourth-order valence-corrected chi connectivity index (χ4v) is 1.92. The smallest absolute Gasteiger partial charge is 0.174 e. The van der Waals surface area contributed by atoms with Gasteiger partial charge in [-0.15, -0.1) is 0 Å². The Morgan fingerprint density at radius 3 is 2.45 bits per heavy atom. The number of hydrogen-bond acceptors (Lipinski definition) is 2. The van der Waals surface area contributed by atoms with Crippen LogP contribution in [0.1, 0.15) is 16.7 Å². The van der Waals surface area contributed by atoms with Gasteiger partial charge in [0.25, 0.3) is 0 Å². The molecule has 0 amide bonds. The largest absolute Gasteiger partial charge is 0.486 e. The third-order valence-corrected chi connectivity index (χ3v) is 3.05. The molecule has 2 nitrogen and oxygen atoms in total. The van der Waals surface area contributed by atoms with Crippen LogP contribution in [-0.2, 0) is 11.2 Å². The van der Waals surface area contributed by atoms with Crippen molar-refractivity contribution in [2.75, 3.05) is 6.61 Å². The lowest BCUT2D eigenvalue weighted by Crippen LogP contribution is -2.14. The monoisotopic (exact) mass is 272 g/mol. The van der Waals surface area contributed by atoms with Crippen LogP contribution in [0, 0.1) is 19.7 Å². The van der Waals surface area contributed by atoms with Crippen molar-refractivity contribution in [2.24, 2.45) is 0 Å². The first-order valence-corrected chi connectivity index (χ1v) is 6.51. The van der Waals surface area contributed by atoms with Gasteiger partial charge in [-0.1, -0.05) is 29.8 Å². The molecule has 3 heteroatoms. The molecule has 0 unspecified atom stereocenters. The van der Waals surface area contributed by atoms with E-state index in [1.165, 1.54) is 17.7 Å². The molecule has 0 aliphatic rings. The highest BCUT2D eigenvalue weighted by molar-refractivity contribution is 5.82. The first-order chi connectivity index (χ1) is 9.54. The SMILES string of the molecule is Cc1ccc(CC(=O)COc2ccc(F)cc2C)cc1. The molecule has 20 heavy (non-hydrogen) atoms. The Morgan fingerprint density at radius 2 is 1.80 bits per heavy atom. The minimum Gasteiger partial charge on any atom is -0.486 e. The number of halogens is 1. The van der Waals surface area contributed by atoms with Gasteiger partial charge in [-0.25, -0.2) is 4.39 Å². The van der Waals surface area contributed by atoms with Crippen molar-refractivity contribution < 1.29 is 13.9 Å². The van der Waals surface area contributed by atoms with E-state index in [2.05, 4.69) is 0 Å². The first-order valence-electron chi connectivity index (χ1n) is 6.51. The number of benzene rings is 2. The summed E-state index contributed by atoms with van der Waals surface area (Å²) in [7, 11) is 0. The molecule has 0 saturated heterocycles. The van der Waals surface area contributed by atoms with Crippen LogP contribution in [0.4, 0.5) is 4.39 Å². The Bertz CT molecular complexity index is 603. The van der Waals surface area contributed by atoms with Gasteiger partial charge < -0.3 is 4.74 Å². The lowest BCUT2D eigenvalue weighted by Gasteiger charge is -2.08. The summed E-state index contributed by atoms with van der Waals surface area (Å²) in [6, 6.07) is 12.1. The summed E-state index contributed by atoms with van der Waals surface area (Å²) in [6.07, 6.45) is 0.348. The number of aryl methyl sites for hydroxylation is 2. The molecule has 0 spiro atoms. The maximum absolute atomic E-state index is 12.9. The summed E-state index contributed by atoms with van der Waals surface area (Å²) >= 11 is 0. The van der Waals surface area contributed by atoms with Crippen LogP contribution in [0.15, 0.2) is 42.5 Å². The van der Waals surface area contributed by atoms with E-state index in [1.54, 1.807) is 13.0 Å². The number of hydrogen-bond donors (Lipinski definition) is 0. The zero-order valence-corrected chi connectivity index (χ0v) is 11.7. The van der Waals surface area contributed by atoms with Crippen LogP contribution >= 0.6 is 0 Å². The second-order valence-corrected chi connectivity index (χ2v) is 4.90. The summed E-state index contributed by atoms with van der Waals surface area (Å²) < 4.78 is 18.4. The van der Waals surface area contributed by atoms with Crippen LogP contribution in [0.5, 0.6) is 5.75 Å². The van der Waals surface area contributed by atoms with E-state index in [0.29, 0.717) is 17.7 Å². The third kappa shape index (κ3) is 3.92. The molecule has 0 radical (unpaired) electrons. The average Bonchev–Trinajstić information content (AvgIpc) is 2.40. The summed E-state index contributed by atoms with van der Waals surface area (Å²) in [4.78, 5) is 11.8.